The van der Waals surface area contributed by atoms with Crippen molar-refractivity contribution in [2.75, 3.05) is 41.1 Å². The Labute approximate surface area is 195 Å². The van der Waals surface area contributed by atoms with E-state index in [0.29, 0.717) is 13.1 Å². The van der Waals surface area contributed by atoms with Crippen molar-refractivity contribution in [3.63, 3.8) is 0 Å². The van der Waals surface area contributed by atoms with E-state index in [2.05, 4.69) is 42.6 Å². The lowest BCUT2D eigenvalue weighted by Gasteiger charge is -2.27. The van der Waals surface area contributed by atoms with Gasteiger partial charge in [0.2, 0.25) is 6.79 Å². The quantitative estimate of drug-likeness (QED) is 0.313. The Bertz CT molecular complexity index is 845. The summed E-state index contributed by atoms with van der Waals surface area (Å²) in [5, 5.41) is 6.77. The van der Waals surface area contributed by atoms with Crippen LogP contribution in [0.3, 0.4) is 0 Å². The lowest BCUT2D eigenvalue weighted by molar-refractivity contribution is 0.174. The second-order valence-electron chi connectivity index (χ2n) is 6.99. The van der Waals surface area contributed by atoms with Gasteiger partial charge in [0, 0.05) is 18.7 Å². The van der Waals surface area contributed by atoms with Crippen LogP contribution in [0.1, 0.15) is 24.1 Å². The molecule has 0 aromatic heterocycles. The van der Waals surface area contributed by atoms with Gasteiger partial charge in [-0.3, -0.25) is 0 Å². The van der Waals surface area contributed by atoms with Gasteiger partial charge >= 0.3 is 0 Å². The number of likely N-dealkylation sites (N-methyl/N-ethyl adjacent to an activating group) is 1. The Morgan fingerprint density at radius 1 is 1.13 bits per heavy atom. The Kier molecular flexibility index (Phi) is 9.51. The van der Waals surface area contributed by atoms with Crippen LogP contribution in [0.2, 0.25) is 0 Å². The smallest absolute Gasteiger partial charge is 0.231 e. The molecule has 0 aliphatic carbocycles. The zero-order valence-electron chi connectivity index (χ0n) is 18.0. The first-order valence-electron chi connectivity index (χ1n) is 9.82. The van der Waals surface area contributed by atoms with Crippen LogP contribution < -0.4 is 24.8 Å². The molecule has 164 valence electrons. The third-order valence-electron chi connectivity index (χ3n) is 4.79. The number of fused-ring (bicyclic) bond motifs is 1. The molecule has 2 N–H and O–H groups in total. The monoisotopic (exact) mass is 526 g/mol. The van der Waals surface area contributed by atoms with Crippen molar-refractivity contribution in [2.24, 2.45) is 4.99 Å². The average molecular weight is 526 g/mol. The minimum Gasteiger partial charge on any atom is -0.496 e. The van der Waals surface area contributed by atoms with Crippen molar-refractivity contribution in [1.29, 1.82) is 0 Å². The first-order valence-corrected chi connectivity index (χ1v) is 9.82. The molecule has 0 saturated heterocycles. The number of nitrogens with one attached hydrogen (secondary N) is 2. The highest BCUT2D eigenvalue weighted by Crippen LogP contribution is 2.32. The third-order valence-corrected chi connectivity index (χ3v) is 4.79. The van der Waals surface area contributed by atoms with Gasteiger partial charge in [-0.2, -0.15) is 0 Å². The molecule has 2 aromatic carbocycles. The summed E-state index contributed by atoms with van der Waals surface area (Å²) < 4.78 is 16.4. The van der Waals surface area contributed by atoms with E-state index in [-0.39, 0.29) is 36.8 Å². The largest absolute Gasteiger partial charge is 0.496 e. The van der Waals surface area contributed by atoms with Gasteiger partial charge in [0.1, 0.15) is 5.75 Å². The van der Waals surface area contributed by atoms with Crippen LogP contribution in [0.15, 0.2) is 47.5 Å². The van der Waals surface area contributed by atoms with Gasteiger partial charge in [-0.05, 0) is 44.8 Å². The number of aliphatic imine (C=N–C) groups is 1. The fraction of sp³-hybridized carbons (Fsp3) is 0.409. The second-order valence-corrected chi connectivity index (χ2v) is 6.99. The fourth-order valence-electron chi connectivity index (χ4n) is 3.26. The summed E-state index contributed by atoms with van der Waals surface area (Å²) in [6, 6.07) is 14.2. The number of para-hydroxylation sites is 1. The number of nitrogens with zero attached hydrogens (tertiary/aromatic N) is 2. The highest BCUT2D eigenvalue weighted by molar-refractivity contribution is 14.0. The highest BCUT2D eigenvalue weighted by atomic mass is 127. The summed E-state index contributed by atoms with van der Waals surface area (Å²) in [6.07, 6.45) is 0. The number of halogens is 1. The molecule has 3 rings (SSSR count). The predicted octanol–water partition coefficient (Wildman–Crippen LogP) is 3.40. The summed E-state index contributed by atoms with van der Waals surface area (Å²) in [4.78, 5) is 6.90. The molecule has 0 amide bonds. The van der Waals surface area contributed by atoms with Crippen molar-refractivity contribution in [3.8, 4) is 17.2 Å². The third kappa shape index (κ3) is 6.15. The summed E-state index contributed by atoms with van der Waals surface area (Å²) in [6.45, 7) is 4.37. The molecular formula is C22H31IN4O3. The van der Waals surface area contributed by atoms with Crippen LogP contribution >= 0.6 is 24.0 Å². The van der Waals surface area contributed by atoms with E-state index in [1.54, 1.807) is 7.11 Å². The van der Waals surface area contributed by atoms with Crippen molar-refractivity contribution in [1.82, 2.24) is 15.5 Å². The van der Waals surface area contributed by atoms with E-state index in [4.69, 9.17) is 19.2 Å². The van der Waals surface area contributed by atoms with Crippen molar-refractivity contribution < 1.29 is 14.2 Å². The average Bonchev–Trinajstić information content (AvgIpc) is 3.20. The maximum absolute atomic E-state index is 5.55. The van der Waals surface area contributed by atoms with Gasteiger partial charge in [0.05, 0.1) is 19.7 Å². The Balaban J connectivity index is 0.00000320. The number of benzene rings is 2. The SMILES string of the molecule is CCNC(=NCc1ccc2c(c1)OCO2)NCC(c1ccccc1OC)N(C)C.I. The number of hydrogen-bond donors (Lipinski definition) is 2. The first kappa shape index (κ1) is 24.1. The van der Waals surface area contributed by atoms with E-state index in [1.807, 2.05) is 36.4 Å². The molecule has 1 aliphatic rings. The zero-order chi connectivity index (χ0) is 20.6. The summed E-state index contributed by atoms with van der Waals surface area (Å²) in [7, 11) is 5.83. The molecule has 0 spiro atoms. The molecule has 8 heteroatoms. The van der Waals surface area contributed by atoms with Crippen LogP contribution in [0.25, 0.3) is 0 Å². The van der Waals surface area contributed by atoms with E-state index in [9.17, 15) is 0 Å². The van der Waals surface area contributed by atoms with Crippen LogP contribution in [0, 0.1) is 0 Å². The van der Waals surface area contributed by atoms with Gasteiger partial charge < -0.3 is 29.7 Å². The first-order chi connectivity index (χ1) is 14.1. The van der Waals surface area contributed by atoms with E-state index >= 15 is 0 Å². The van der Waals surface area contributed by atoms with Crippen LogP contribution in [-0.4, -0.2) is 51.9 Å². The topological polar surface area (TPSA) is 67.4 Å². The Morgan fingerprint density at radius 3 is 2.63 bits per heavy atom. The van der Waals surface area contributed by atoms with Crippen LogP contribution in [-0.2, 0) is 6.54 Å². The fourth-order valence-corrected chi connectivity index (χ4v) is 3.26. The molecule has 1 unspecified atom stereocenters. The van der Waals surface area contributed by atoms with Gasteiger partial charge in [0.15, 0.2) is 17.5 Å². The predicted molar refractivity (Wildman–Crippen MR) is 130 cm³/mol. The highest BCUT2D eigenvalue weighted by Gasteiger charge is 2.18. The van der Waals surface area contributed by atoms with E-state index in [0.717, 1.165) is 40.9 Å². The number of hydrogen-bond acceptors (Lipinski definition) is 5. The molecule has 0 radical (unpaired) electrons. The molecule has 1 atom stereocenters. The summed E-state index contributed by atoms with van der Waals surface area (Å²) in [5.41, 5.74) is 2.21. The van der Waals surface area contributed by atoms with E-state index in [1.165, 1.54) is 0 Å². The molecule has 7 nitrogen and oxygen atoms in total. The van der Waals surface area contributed by atoms with Gasteiger partial charge in [-0.1, -0.05) is 24.3 Å². The lowest BCUT2D eigenvalue weighted by Crippen LogP contribution is -2.41. The minimum atomic E-state index is 0. The van der Waals surface area contributed by atoms with Crippen LogP contribution in [0.5, 0.6) is 17.2 Å². The van der Waals surface area contributed by atoms with Gasteiger partial charge in [-0.15, -0.1) is 24.0 Å². The van der Waals surface area contributed by atoms with Crippen molar-refractivity contribution in [3.05, 3.63) is 53.6 Å². The molecule has 1 aliphatic heterocycles. The Morgan fingerprint density at radius 2 is 1.90 bits per heavy atom. The normalized spacial score (nSPS) is 13.6. The lowest BCUT2D eigenvalue weighted by atomic mass is 10.0. The van der Waals surface area contributed by atoms with E-state index < -0.39 is 0 Å². The standard InChI is InChI=1S/C22H30N4O3.HI/c1-5-23-22(24-13-16-10-11-20-21(12-16)29-15-28-20)25-14-18(26(2)3)17-8-6-7-9-19(17)27-4;/h6-12,18H,5,13-15H2,1-4H3,(H2,23,24,25);1H. The van der Waals surface area contributed by atoms with Crippen molar-refractivity contribution >= 4 is 29.9 Å². The Hall–Kier alpha value is -2.20. The van der Waals surface area contributed by atoms with Crippen molar-refractivity contribution in [2.45, 2.75) is 19.5 Å². The second kappa shape index (κ2) is 11.8. The summed E-state index contributed by atoms with van der Waals surface area (Å²) >= 11 is 0. The zero-order valence-corrected chi connectivity index (χ0v) is 20.3. The number of methoxy groups -OCH3 is 1. The van der Waals surface area contributed by atoms with Gasteiger partial charge in [0.25, 0.3) is 0 Å². The molecule has 30 heavy (non-hydrogen) atoms. The number of ether oxygens (including phenoxy) is 3. The summed E-state index contributed by atoms with van der Waals surface area (Å²) in [5.74, 6) is 3.22. The van der Waals surface area contributed by atoms with Crippen LogP contribution in [0.4, 0.5) is 0 Å². The molecular weight excluding hydrogens is 495 g/mol. The molecule has 2 aromatic rings. The number of guanidine groups is 1. The molecule has 0 bridgehead atoms. The maximum Gasteiger partial charge on any atom is 0.231 e. The molecule has 0 fully saturated rings. The molecule has 0 saturated carbocycles. The minimum absolute atomic E-state index is 0. The van der Waals surface area contributed by atoms with Gasteiger partial charge in [-0.25, -0.2) is 4.99 Å². The maximum atomic E-state index is 5.55. The number of rotatable bonds is 8. The molecule has 1 heterocycles.